The molecule has 27 heavy (non-hydrogen) atoms. The monoisotopic (exact) mass is 360 g/mol. The number of fused-ring (bicyclic) bond motifs is 1. The molecule has 2 aromatic carbocycles. The molecular weight excluding hydrogens is 340 g/mol. The first-order chi connectivity index (χ1) is 13.1. The van der Waals surface area contributed by atoms with E-state index >= 15 is 0 Å². The third kappa shape index (κ3) is 4.36. The molecular formula is C22H20N2O3. The fourth-order valence-corrected chi connectivity index (χ4v) is 2.85. The zero-order chi connectivity index (χ0) is 19.2. The summed E-state index contributed by atoms with van der Waals surface area (Å²) in [6.07, 6.45) is 9.51. The molecule has 3 rings (SSSR count). The van der Waals surface area contributed by atoms with Crippen LogP contribution >= 0.6 is 0 Å². The number of hydrogen-bond donors (Lipinski definition) is 1. The van der Waals surface area contributed by atoms with Gasteiger partial charge in [-0.3, -0.25) is 14.5 Å². The van der Waals surface area contributed by atoms with E-state index in [1.54, 1.807) is 30.3 Å². The number of carbonyl (C=O) groups excluding carboxylic acids is 2. The maximum Gasteiger partial charge on any atom is 0.251 e. The van der Waals surface area contributed by atoms with Gasteiger partial charge in [0.1, 0.15) is 12.3 Å². The Morgan fingerprint density at radius 2 is 2.15 bits per heavy atom. The molecule has 0 atom stereocenters. The number of nitrogens with zero attached hydrogens (tertiary/aromatic N) is 1. The Balaban J connectivity index is 1.83. The first kappa shape index (κ1) is 18.3. The molecule has 1 N–H and O–H groups in total. The standard InChI is InChI=1S/C22H20N2O3/c1-3-16-5-4-6-19(14-16)24(15-21(25)23-2)22(26)10-8-17-7-9-20-18(13-17)11-12-27-20/h1,4-10,13-14H,11-12,15H2,2H3,(H,23,25)/b10-8+. The quantitative estimate of drug-likeness (QED) is 0.658. The molecule has 2 amide bonds. The minimum atomic E-state index is -0.301. The van der Waals surface area contributed by atoms with Crippen molar-refractivity contribution in [3.63, 3.8) is 0 Å². The van der Waals surface area contributed by atoms with Gasteiger partial charge in [0.25, 0.3) is 5.91 Å². The number of ether oxygens (including phenoxy) is 1. The lowest BCUT2D eigenvalue weighted by Crippen LogP contribution is -2.39. The zero-order valence-electron chi connectivity index (χ0n) is 15.1. The second-order valence-electron chi connectivity index (χ2n) is 6.09. The predicted molar refractivity (Wildman–Crippen MR) is 105 cm³/mol. The van der Waals surface area contributed by atoms with Crippen molar-refractivity contribution in [1.82, 2.24) is 5.32 Å². The summed E-state index contributed by atoms with van der Waals surface area (Å²) in [4.78, 5) is 26.1. The zero-order valence-corrected chi connectivity index (χ0v) is 15.1. The lowest BCUT2D eigenvalue weighted by atomic mass is 10.1. The summed E-state index contributed by atoms with van der Waals surface area (Å²) >= 11 is 0. The van der Waals surface area contributed by atoms with Crippen molar-refractivity contribution in [1.29, 1.82) is 0 Å². The molecule has 0 radical (unpaired) electrons. The first-order valence-corrected chi connectivity index (χ1v) is 8.63. The first-order valence-electron chi connectivity index (χ1n) is 8.63. The van der Waals surface area contributed by atoms with Crippen molar-refractivity contribution in [2.75, 3.05) is 25.1 Å². The number of amides is 2. The summed E-state index contributed by atoms with van der Waals surface area (Å²) < 4.78 is 5.49. The Kier molecular flexibility index (Phi) is 5.58. The Hall–Kier alpha value is -3.52. The van der Waals surface area contributed by atoms with Gasteiger partial charge in [-0.2, -0.15) is 0 Å². The number of carbonyl (C=O) groups is 2. The van der Waals surface area contributed by atoms with Gasteiger partial charge >= 0.3 is 0 Å². The van der Waals surface area contributed by atoms with Gasteiger partial charge in [0.05, 0.1) is 6.61 Å². The molecule has 2 aromatic rings. The molecule has 0 aromatic heterocycles. The molecule has 0 aliphatic carbocycles. The summed E-state index contributed by atoms with van der Waals surface area (Å²) in [5.41, 5.74) is 3.26. The third-order valence-corrected chi connectivity index (χ3v) is 4.30. The van der Waals surface area contributed by atoms with Crippen molar-refractivity contribution >= 4 is 23.6 Å². The van der Waals surface area contributed by atoms with Crippen molar-refractivity contribution in [2.24, 2.45) is 0 Å². The number of terminal acetylenes is 1. The Labute approximate surface area is 158 Å². The highest BCUT2D eigenvalue weighted by molar-refractivity contribution is 6.06. The van der Waals surface area contributed by atoms with Gasteiger partial charge in [-0.15, -0.1) is 6.42 Å². The molecule has 0 fully saturated rings. The van der Waals surface area contributed by atoms with Crippen LogP contribution in [-0.2, 0) is 16.0 Å². The molecule has 0 bridgehead atoms. The summed E-state index contributed by atoms with van der Waals surface area (Å²) in [6.45, 7) is 0.596. The van der Waals surface area contributed by atoms with E-state index in [0.717, 1.165) is 23.3 Å². The van der Waals surface area contributed by atoms with Crippen LogP contribution in [-0.4, -0.2) is 32.0 Å². The van der Waals surface area contributed by atoms with E-state index in [1.807, 2.05) is 18.2 Å². The minimum Gasteiger partial charge on any atom is -0.493 e. The maximum atomic E-state index is 12.8. The molecule has 5 heteroatoms. The molecule has 1 aliphatic heterocycles. The van der Waals surface area contributed by atoms with Gasteiger partial charge in [-0.25, -0.2) is 0 Å². The Bertz CT molecular complexity index is 941. The number of hydrogen-bond acceptors (Lipinski definition) is 3. The van der Waals surface area contributed by atoms with E-state index < -0.39 is 0 Å². The van der Waals surface area contributed by atoms with Crippen LogP contribution < -0.4 is 15.0 Å². The highest BCUT2D eigenvalue weighted by Crippen LogP contribution is 2.26. The van der Waals surface area contributed by atoms with Crippen molar-refractivity contribution in [3.05, 3.63) is 65.2 Å². The number of likely N-dealkylation sites (N-methyl/N-ethyl adjacent to an activating group) is 1. The molecule has 136 valence electrons. The molecule has 0 spiro atoms. The fourth-order valence-electron chi connectivity index (χ4n) is 2.85. The summed E-state index contributed by atoms with van der Waals surface area (Å²) in [5.74, 6) is 2.87. The van der Waals surface area contributed by atoms with Crippen molar-refractivity contribution in [2.45, 2.75) is 6.42 Å². The van der Waals surface area contributed by atoms with Gasteiger partial charge in [0.2, 0.25) is 5.91 Å². The largest absolute Gasteiger partial charge is 0.493 e. The lowest BCUT2D eigenvalue weighted by Gasteiger charge is -2.20. The number of anilines is 1. The second-order valence-corrected chi connectivity index (χ2v) is 6.09. The average Bonchev–Trinajstić information content (AvgIpc) is 3.17. The SMILES string of the molecule is C#Cc1cccc(N(CC(=O)NC)C(=O)/C=C/c2ccc3c(c2)CCO3)c1. The minimum absolute atomic E-state index is 0.0915. The van der Waals surface area contributed by atoms with Crippen LogP contribution in [0.25, 0.3) is 6.08 Å². The molecule has 5 nitrogen and oxygen atoms in total. The normalized spacial score (nSPS) is 12.1. The average molecular weight is 360 g/mol. The van der Waals surface area contributed by atoms with E-state index in [2.05, 4.69) is 11.2 Å². The van der Waals surface area contributed by atoms with Crippen LogP contribution in [0.4, 0.5) is 5.69 Å². The molecule has 1 heterocycles. The molecule has 0 saturated heterocycles. The van der Waals surface area contributed by atoms with E-state index in [1.165, 1.54) is 18.0 Å². The van der Waals surface area contributed by atoms with Gasteiger partial charge in [-0.1, -0.05) is 18.1 Å². The summed E-state index contributed by atoms with van der Waals surface area (Å²) in [5, 5.41) is 2.54. The van der Waals surface area contributed by atoms with Gasteiger partial charge in [0.15, 0.2) is 0 Å². The van der Waals surface area contributed by atoms with Crippen LogP contribution in [0.2, 0.25) is 0 Å². The summed E-state index contributed by atoms with van der Waals surface area (Å²) in [7, 11) is 1.53. The number of nitrogens with one attached hydrogen (secondary N) is 1. The van der Waals surface area contributed by atoms with E-state index in [9.17, 15) is 9.59 Å². The third-order valence-electron chi connectivity index (χ3n) is 4.30. The molecule has 1 aliphatic rings. The number of rotatable bonds is 5. The second kappa shape index (κ2) is 8.24. The molecule has 0 saturated carbocycles. The smallest absolute Gasteiger partial charge is 0.251 e. The van der Waals surface area contributed by atoms with Crippen LogP contribution in [0, 0.1) is 12.3 Å². The van der Waals surface area contributed by atoms with E-state index in [4.69, 9.17) is 11.2 Å². The van der Waals surface area contributed by atoms with Gasteiger partial charge in [0, 0.05) is 30.8 Å². The summed E-state index contributed by atoms with van der Waals surface area (Å²) in [6, 6.07) is 12.8. The van der Waals surface area contributed by atoms with Gasteiger partial charge < -0.3 is 10.1 Å². The van der Waals surface area contributed by atoms with Crippen LogP contribution in [0.5, 0.6) is 5.75 Å². The number of benzene rings is 2. The highest BCUT2D eigenvalue weighted by atomic mass is 16.5. The van der Waals surface area contributed by atoms with Gasteiger partial charge in [-0.05, 0) is 47.5 Å². The molecule has 0 unspecified atom stereocenters. The van der Waals surface area contributed by atoms with Crippen LogP contribution in [0.1, 0.15) is 16.7 Å². The maximum absolute atomic E-state index is 12.8. The lowest BCUT2D eigenvalue weighted by molar-refractivity contribution is -0.121. The van der Waals surface area contributed by atoms with E-state index in [0.29, 0.717) is 17.9 Å². The van der Waals surface area contributed by atoms with Crippen molar-refractivity contribution < 1.29 is 14.3 Å². The highest BCUT2D eigenvalue weighted by Gasteiger charge is 2.17. The topological polar surface area (TPSA) is 58.6 Å². The van der Waals surface area contributed by atoms with Crippen LogP contribution in [0.15, 0.2) is 48.5 Å². The fraction of sp³-hybridized carbons (Fsp3) is 0.182. The van der Waals surface area contributed by atoms with Crippen LogP contribution in [0.3, 0.4) is 0 Å². The Morgan fingerprint density at radius 1 is 1.30 bits per heavy atom. The Morgan fingerprint density at radius 3 is 2.93 bits per heavy atom. The van der Waals surface area contributed by atoms with Crippen molar-refractivity contribution in [3.8, 4) is 18.1 Å². The van der Waals surface area contributed by atoms with E-state index in [-0.39, 0.29) is 18.4 Å². The predicted octanol–water partition coefficient (Wildman–Crippen LogP) is 2.40.